The highest BCUT2D eigenvalue weighted by Gasteiger charge is 2.81. The minimum Gasteiger partial charge on any atom is -0.457 e. The third-order valence-electron chi connectivity index (χ3n) is 15.4. The molecule has 10 unspecified atom stereocenters. The van der Waals surface area contributed by atoms with Crippen molar-refractivity contribution in [1.82, 2.24) is 4.90 Å². The predicted octanol–water partition coefficient (Wildman–Crippen LogP) is 4.31. The Kier molecular flexibility index (Phi) is 7.64. The quantitative estimate of drug-likeness (QED) is 0.409. The van der Waals surface area contributed by atoms with Crippen LogP contribution in [0.15, 0.2) is 0 Å². The molecule has 0 radical (unpaired) electrons. The molecule has 13 atom stereocenters. The number of carbonyl (C=O) groups is 1. The molecule has 8 fully saturated rings. The van der Waals surface area contributed by atoms with Crippen LogP contribution in [0, 0.1) is 45.3 Å². The van der Waals surface area contributed by atoms with E-state index in [1.54, 1.807) is 13.8 Å². The third kappa shape index (κ3) is 4.61. The fourth-order valence-electron chi connectivity index (χ4n) is 13.3. The number of carbonyl (C=O) groups excluding carboxylic acids is 1. The van der Waals surface area contributed by atoms with Gasteiger partial charge < -0.3 is 33.9 Å². The van der Waals surface area contributed by atoms with Gasteiger partial charge in [-0.1, -0.05) is 20.8 Å². The molecule has 3 saturated heterocycles. The SMILES string of the molecule is CC(=O)O[C@@H](C1CCC2C(O1)C(O)C1C3CCC4C(C)(C)[C@@H](OC5CN(C6COC6)CCO5)CCC45C[C@@]35CCC21C)C(C)(C)O. The number of esters is 1. The van der Waals surface area contributed by atoms with Gasteiger partial charge in [0.2, 0.25) is 0 Å². The first-order chi connectivity index (χ1) is 21.7. The molecule has 0 bridgehead atoms. The molecule has 3 aliphatic heterocycles. The Morgan fingerprint density at radius 1 is 1.00 bits per heavy atom. The van der Waals surface area contributed by atoms with Crippen LogP contribution in [0.1, 0.15) is 99.3 Å². The number of hydrogen-bond donors (Lipinski definition) is 2. The van der Waals surface area contributed by atoms with Crippen LogP contribution < -0.4 is 0 Å². The third-order valence-corrected chi connectivity index (χ3v) is 15.4. The number of ether oxygens (including phenoxy) is 5. The molecule has 0 aromatic heterocycles. The van der Waals surface area contributed by atoms with Gasteiger partial charge in [-0.3, -0.25) is 9.69 Å². The number of aliphatic hydroxyl groups excluding tert-OH is 1. The first-order valence-electron chi connectivity index (χ1n) is 18.5. The van der Waals surface area contributed by atoms with E-state index in [4.69, 9.17) is 23.7 Å². The standard InChI is InChI=1S/C37H59NO8/c1-21(39)44-32(34(4,5)41)25-9-7-24-31(45-25)30(40)29-23-8-10-26-33(2,3)27(46-28-17-38(15-16-43-28)22-18-42-19-22)11-12-37(26)20-36(23,37)14-13-35(24,29)6/h22-32,40-41H,7-20H2,1-6H3/t23?,24?,25?,26?,27-,28?,29?,30?,31?,32-,35?,36-,37?/m0/s1. The molecular weight excluding hydrogens is 586 g/mol. The van der Waals surface area contributed by atoms with Gasteiger partial charge in [-0.15, -0.1) is 0 Å². The second kappa shape index (κ2) is 10.8. The lowest BCUT2D eigenvalue weighted by Gasteiger charge is -2.60. The van der Waals surface area contributed by atoms with Gasteiger partial charge in [0.15, 0.2) is 12.4 Å². The summed E-state index contributed by atoms with van der Waals surface area (Å²) in [6.45, 7) is 16.3. The fraction of sp³-hybridized carbons (Fsp3) is 0.973. The van der Waals surface area contributed by atoms with Crippen LogP contribution in [-0.2, 0) is 28.5 Å². The summed E-state index contributed by atoms with van der Waals surface area (Å²) < 4.78 is 30.9. The zero-order valence-electron chi connectivity index (χ0n) is 29.0. The van der Waals surface area contributed by atoms with E-state index in [9.17, 15) is 15.0 Å². The molecular formula is C37H59NO8. The Hall–Kier alpha value is -0.810. The largest absolute Gasteiger partial charge is 0.457 e. The molecule has 8 aliphatic rings. The number of nitrogens with zero attached hydrogens (tertiary/aromatic N) is 1. The number of morpholine rings is 1. The Morgan fingerprint density at radius 2 is 1.76 bits per heavy atom. The van der Waals surface area contributed by atoms with E-state index in [-0.39, 0.29) is 41.2 Å². The van der Waals surface area contributed by atoms with Gasteiger partial charge in [-0.2, -0.15) is 0 Å². The molecule has 0 amide bonds. The van der Waals surface area contributed by atoms with Crippen molar-refractivity contribution in [3.63, 3.8) is 0 Å². The zero-order chi connectivity index (χ0) is 32.4. The maximum atomic E-state index is 12.2. The second-order valence-electron chi connectivity index (χ2n) is 18.2. The molecule has 8 rings (SSSR count). The van der Waals surface area contributed by atoms with Crippen LogP contribution >= 0.6 is 0 Å². The van der Waals surface area contributed by atoms with Crippen molar-refractivity contribution >= 4 is 5.97 Å². The minimum absolute atomic E-state index is 0.0404. The monoisotopic (exact) mass is 645 g/mol. The number of rotatable bonds is 6. The second-order valence-corrected chi connectivity index (χ2v) is 18.2. The van der Waals surface area contributed by atoms with Crippen molar-refractivity contribution in [3.8, 4) is 0 Å². The van der Waals surface area contributed by atoms with Crippen molar-refractivity contribution in [2.45, 2.75) is 148 Å². The molecule has 9 heteroatoms. The minimum atomic E-state index is -1.23. The van der Waals surface area contributed by atoms with Gasteiger partial charge in [0.05, 0.1) is 62.4 Å². The van der Waals surface area contributed by atoms with Gasteiger partial charge >= 0.3 is 5.97 Å². The van der Waals surface area contributed by atoms with E-state index in [1.165, 1.54) is 32.6 Å². The smallest absolute Gasteiger partial charge is 0.303 e. The van der Waals surface area contributed by atoms with E-state index in [0.29, 0.717) is 28.7 Å². The average molecular weight is 646 g/mol. The normalized spacial score (nSPS) is 50.6. The van der Waals surface area contributed by atoms with Crippen LogP contribution in [0.25, 0.3) is 0 Å². The maximum Gasteiger partial charge on any atom is 0.303 e. The number of fused-ring (bicyclic) bond motifs is 4. The van der Waals surface area contributed by atoms with Gasteiger partial charge in [0.1, 0.15) is 0 Å². The van der Waals surface area contributed by atoms with Gasteiger partial charge in [0, 0.05) is 13.5 Å². The lowest BCUT2D eigenvalue weighted by molar-refractivity contribution is -0.254. The van der Waals surface area contributed by atoms with Crippen LogP contribution in [-0.4, -0.2) is 102 Å². The van der Waals surface area contributed by atoms with Crippen LogP contribution in [0.4, 0.5) is 0 Å². The van der Waals surface area contributed by atoms with Gasteiger partial charge in [0.25, 0.3) is 0 Å². The van der Waals surface area contributed by atoms with E-state index in [0.717, 1.165) is 65.0 Å². The summed E-state index contributed by atoms with van der Waals surface area (Å²) in [6, 6.07) is 0.513. The molecule has 5 saturated carbocycles. The first kappa shape index (κ1) is 32.4. The van der Waals surface area contributed by atoms with Crippen molar-refractivity contribution < 1.29 is 38.7 Å². The lowest BCUT2D eigenvalue weighted by Crippen LogP contribution is -2.58. The summed E-state index contributed by atoms with van der Waals surface area (Å²) in [7, 11) is 0. The summed E-state index contributed by atoms with van der Waals surface area (Å²) in [4.78, 5) is 14.5. The molecule has 3 heterocycles. The van der Waals surface area contributed by atoms with Crippen LogP contribution in [0.2, 0.25) is 0 Å². The summed E-state index contributed by atoms with van der Waals surface area (Å²) >= 11 is 0. The van der Waals surface area contributed by atoms with Crippen molar-refractivity contribution in [3.05, 3.63) is 0 Å². The van der Waals surface area contributed by atoms with E-state index in [1.807, 2.05) is 0 Å². The van der Waals surface area contributed by atoms with Crippen molar-refractivity contribution in [2.24, 2.45) is 45.3 Å². The molecule has 5 aliphatic carbocycles. The topological polar surface area (TPSA) is 107 Å². The average Bonchev–Trinajstić information content (AvgIpc) is 3.57. The predicted molar refractivity (Wildman–Crippen MR) is 170 cm³/mol. The molecule has 260 valence electrons. The highest BCUT2D eigenvalue weighted by molar-refractivity contribution is 5.66. The number of aliphatic hydroxyl groups is 2. The van der Waals surface area contributed by atoms with Crippen molar-refractivity contribution in [2.75, 3.05) is 32.9 Å². The Bertz CT molecular complexity index is 1200. The summed E-state index contributed by atoms with van der Waals surface area (Å²) in [5, 5.41) is 23.1. The lowest BCUT2D eigenvalue weighted by atomic mass is 9.46. The first-order valence-corrected chi connectivity index (χ1v) is 18.5. The van der Waals surface area contributed by atoms with Crippen LogP contribution in [0.5, 0.6) is 0 Å². The van der Waals surface area contributed by atoms with E-state index >= 15 is 0 Å². The Morgan fingerprint density at radius 3 is 2.46 bits per heavy atom. The van der Waals surface area contributed by atoms with Gasteiger partial charge in [-0.25, -0.2) is 0 Å². The zero-order valence-corrected chi connectivity index (χ0v) is 29.0. The molecule has 9 nitrogen and oxygen atoms in total. The van der Waals surface area contributed by atoms with Crippen LogP contribution in [0.3, 0.4) is 0 Å². The number of hydrogen-bond acceptors (Lipinski definition) is 9. The molecule has 46 heavy (non-hydrogen) atoms. The summed E-state index contributed by atoms with van der Waals surface area (Å²) in [6.07, 6.45) is 8.07. The molecule has 0 aromatic carbocycles. The van der Waals surface area contributed by atoms with Gasteiger partial charge in [-0.05, 0) is 117 Å². The molecule has 2 N–H and O–H groups in total. The summed E-state index contributed by atoms with van der Waals surface area (Å²) in [5.41, 5.74) is -0.456. The summed E-state index contributed by atoms with van der Waals surface area (Å²) in [5.74, 6) is 1.23. The fourth-order valence-corrected chi connectivity index (χ4v) is 13.3. The molecule has 0 aromatic rings. The Balaban J connectivity index is 0.988. The highest BCUT2D eigenvalue weighted by Crippen LogP contribution is 2.87. The molecule has 2 spiro atoms. The highest BCUT2D eigenvalue weighted by atomic mass is 16.7. The van der Waals surface area contributed by atoms with Crippen molar-refractivity contribution in [1.29, 1.82) is 0 Å². The van der Waals surface area contributed by atoms with E-state index in [2.05, 4.69) is 25.7 Å². The maximum absolute atomic E-state index is 12.2. The Labute approximate surface area is 275 Å². The van der Waals surface area contributed by atoms with E-state index < -0.39 is 29.9 Å².